The minimum absolute atomic E-state index is 0.400. The predicted molar refractivity (Wildman–Crippen MR) is 57.7 cm³/mol. The molecule has 4 N–H and O–H groups in total. The van der Waals surface area contributed by atoms with Gasteiger partial charge in [-0.2, -0.15) is 0 Å². The standard InChI is InChI=1S/C11H26N2/c1-5-6-7-8-12-9-10-13-11(2,3)4/h12-13H,5-10H2,1-4H3/p+2. The molecule has 0 unspecified atom stereocenters. The van der Waals surface area contributed by atoms with Crippen molar-refractivity contribution in [3.63, 3.8) is 0 Å². The van der Waals surface area contributed by atoms with Crippen LogP contribution in [0, 0.1) is 0 Å². The summed E-state index contributed by atoms with van der Waals surface area (Å²) in [5, 5.41) is 4.86. The summed E-state index contributed by atoms with van der Waals surface area (Å²) < 4.78 is 0. The van der Waals surface area contributed by atoms with E-state index in [2.05, 4.69) is 38.3 Å². The molecular formula is C11H28N2+2. The van der Waals surface area contributed by atoms with Gasteiger partial charge in [-0.05, 0) is 33.6 Å². The molecule has 0 aliphatic rings. The molecule has 0 aromatic rings. The monoisotopic (exact) mass is 188 g/mol. The Bertz CT molecular complexity index is 105. The SMILES string of the molecule is CCCCC[NH2+]CC[NH2+]C(C)(C)C. The van der Waals surface area contributed by atoms with Crippen LogP contribution in [0.15, 0.2) is 0 Å². The van der Waals surface area contributed by atoms with Crippen molar-refractivity contribution >= 4 is 0 Å². The summed E-state index contributed by atoms with van der Waals surface area (Å²) in [6, 6.07) is 0. The van der Waals surface area contributed by atoms with Gasteiger partial charge < -0.3 is 10.6 Å². The van der Waals surface area contributed by atoms with Crippen molar-refractivity contribution in [1.82, 2.24) is 0 Å². The Morgan fingerprint density at radius 1 is 0.923 bits per heavy atom. The lowest BCUT2D eigenvalue weighted by Gasteiger charge is -2.15. The third-order valence-corrected chi connectivity index (χ3v) is 2.14. The Balaban J connectivity index is 3.00. The van der Waals surface area contributed by atoms with Crippen LogP contribution in [0.4, 0.5) is 0 Å². The number of hydrogen-bond donors (Lipinski definition) is 2. The molecule has 0 atom stereocenters. The number of rotatable bonds is 7. The van der Waals surface area contributed by atoms with Crippen LogP contribution in [0.3, 0.4) is 0 Å². The Labute approximate surface area is 83.5 Å². The van der Waals surface area contributed by atoms with Crippen LogP contribution < -0.4 is 10.6 Å². The molecular weight excluding hydrogens is 160 g/mol. The second-order valence-corrected chi connectivity index (χ2v) is 4.93. The molecule has 0 heterocycles. The van der Waals surface area contributed by atoms with Crippen molar-refractivity contribution in [1.29, 1.82) is 0 Å². The van der Waals surface area contributed by atoms with E-state index in [9.17, 15) is 0 Å². The van der Waals surface area contributed by atoms with Crippen LogP contribution in [-0.4, -0.2) is 25.2 Å². The average Bonchev–Trinajstić information content (AvgIpc) is 2.01. The molecule has 80 valence electrons. The van der Waals surface area contributed by atoms with E-state index in [1.807, 2.05) is 0 Å². The Kier molecular flexibility index (Phi) is 7.29. The smallest absolute Gasteiger partial charge is 0.126 e. The Morgan fingerprint density at radius 2 is 1.62 bits per heavy atom. The summed E-state index contributed by atoms with van der Waals surface area (Å²) in [7, 11) is 0. The summed E-state index contributed by atoms with van der Waals surface area (Å²) in [4.78, 5) is 0. The molecule has 0 bridgehead atoms. The van der Waals surface area contributed by atoms with Gasteiger partial charge in [-0.1, -0.05) is 13.3 Å². The van der Waals surface area contributed by atoms with E-state index in [4.69, 9.17) is 0 Å². The van der Waals surface area contributed by atoms with Crippen LogP contribution in [0.1, 0.15) is 47.0 Å². The quantitative estimate of drug-likeness (QED) is 0.532. The molecule has 0 rings (SSSR count). The summed E-state index contributed by atoms with van der Waals surface area (Å²) in [6.45, 7) is 12.9. The highest BCUT2D eigenvalue weighted by Gasteiger charge is 2.11. The third kappa shape index (κ3) is 11.9. The van der Waals surface area contributed by atoms with Gasteiger partial charge in [-0.3, -0.25) is 0 Å². The molecule has 0 spiro atoms. The van der Waals surface area contributed by atoms with E-state index in [0.29, 0.717) is 5.54 Å². The molecule has 0 radical (unpaired) electrons. The topological polar surface area (TPSA) is 33.2 Å². The minimum Gasteiger partial charge on any atom is -0.342 e. The first-order chi connectivity index (χ1) is 6.06. The second-order valence-electron chi connectivity index (χ2n) is 4.93. The maximum atomic E-state index is 2.44. The lowest BCUT2D eigenvalue weighted by Crippen LogP contribution is -3.00. The van der Waals surface area contributed by atoms with Gasteiger partial charge in [0.15, 0.2) is 0 Å². The fourth-order valence-corrected chi connectivity index (χ4v) is 1.32. The van der Waals surface area contributed by atoms with Crippen molar-refractivity contribution in [3.8, 4) is 0 Å². The zero-order valence-electron chi connectivity index (χ0n) is 9.90. The molecule has 2 heteroatoms. The van der Waals surface area contributed by atoms with E-state index in [1.54, 1.807) is 0 Å². The molecule has 2 nitrogen and oxygen atoms in total. The van der Waals surface area contributed by atoms with Gasteiger partial charge in [0.05, 0.1) is 12.1 Å². The molecule has 0 aromatic heterocycles. The van der Waals surface area contributed by atoms with Gasteiger partial charge in [0.25, 0.3) is 0 Å². The van der Waals surface area contributed by atoms with E-state index in [-0.39, 0.29) is 0 Å². The summed E-state index contributed by atoms with van der Waals surface area (Å²) in [5.74, 6) is 0. The molecule has 0 saturated heterocycles. The molecule has 13 heavy (non-hydrogen) atoms. The van der Waals surface area contributed by atoms with Crippen LogP contribution in [0.5, 0.6) is 0 Å². The molecule has 0 fully saturated rings. The van der Waals surface area contributed by atoms with Crippen LogP contribution in [0.25, 0.3) is 0 Å². The summed E-state index contributed by atoms with van der Waals surface area (Å²) in [6.07, 6.45) is 4.10. The maximum Gasteiger partial charge on any atom is 0.126 e. The largest absolute Gasteiger partial charge is 0.342 e. The first-order valence-electron chi connectivity index (χ1n) is 5.72. The molecule has 0 aromatic carbocycles. The third-order valence-electron chi connectivity index (χ3n) is 2.14. The highest BCUT2D eigenvalue weighted by atomic mass is 15.0. The van der Waals surface area contributed by atoms with Crippen molar-refractivity contribution in [2.45, 2.75) is 52.5 Å². The minimum atomic E-state index is 0.400. The van der Waals surface area contributed by atoms with E-state index < -0.39 is 0 Å². The maximum absolute atomic E-state index is 2.44. The number of quaternary nitrogens is 2. The van der Waals surface area contributed by atoms with Crippen molar-refractivity contribution < 1.29 is 10.6 Å². The fraction of sp³-hybridized carbons (Fsp3) is 1.00. The van der Waals surface area contributed by atoms with E-state index >= 15 is 0 Å². The lowest BCUT2D eigenvalue weighted by molar-refractivity contribution is -0.758. The summed E-state index contributed by atoms with van der Waals surface area (Å²) in [5.41, 5.74) is 0.400. The zero-order valence-corrected chi connectivity index (χ0v) is 9.90. The number of nitrogens with two attached hydrogens (primary N) is 2. The average molecular weight is 188 g/mol. The first kappa shape index (κ1) is 12.9. The van der Waals surface area contributed by atoms with Crippen LogP contribution in [-0.2, 0) is 0 Å². The Hall–Kier alpha value is -0.0800. The number of unbranched alkanes of at least 4 members (excludes halogenated alkanes) is 2. The van der Waals surface area contributed by atoms with Gasteiger partial charge in [-0.25, -0.2) is 0 Å². The van der Waals surface area contributed by atoms with Gasteiger partial charge in [0, 0.05) is 0 Å². The van der Waals surface area contributed by atoms with Gasteiger partial charge in [-0.15, -0.1) is 0 Å². The second kappa shape index (κ2) is 7.34. The number of hydrogen-bond acceptors (Lipinski definition) is 0. The highest BCUT2D eigenvalue weighted by Crippen LogP contribution is 1.88. The van der Waals surface area contributed by atoms with Gasteiger partial charge in [0.1, 0.15) is 13.1 Å². The molecule has 0 amide bonds. The van der Waals surface area contributed by atoms with Gasteiger partial charge in [0.2, 0.25) is 0 Å². The zero-order chi connectivity index (χ0) is 10.2. The fourth-order valence-electron chi connectivity index (χ4n) is 1.32. The van der Waals surface area contributed by atoms with Crippen molar-refractivity contribution in [2.24, 2.45) is 0 Å². The van der Waals surface area contributed by atoms with Crippen molar-refractivity contribution in [3.05, 3.63) is 0 Å². The van der Waals surface area contributed by atoms with Crippen molar-refractivity contribution in [2.75, 3.05) is 19.6 Å². The van der Waals surface area contributed by atoms with Gasteiger partial charge >= 0.3 is 0 Å². The first-order valence-corrected chi connectivity index (χ1v) is 5.72. The molecule has 0 aliphatic carbocycles. The van der Waals surface area contributed by atoms with E-state index in [0.717, 1.165) is 0 Å². The predicted octanol–water partition coefficient (Wildman–Crippen LogP) is 0.102. The lowest BCUT2D eigenvalue weighted by atomic mass is 10.1. The Morgan fingerprint density at radius 3 is 2.15 bits per heavy atom. The van der Waals surface area contributed by atoms with Crippen LogP contribution in [0.2, 0.25) is 0 Å². The molecule has 0 saturated carbocycles. The van der Waals surface area contributed by atoms with E-state index in [1.165, 1.54) is 38.9 Å². The van der Waals surface area contributed by atoms with Crippen LogP contribution >= 0.6 is 0 Å². The normalized spacial score (nSPS) is 12.0. The summed E-state index contributed by atoms with van der Waals surface area (Å²) >= 11 is 0. The molecule has 0 aliphatic heterocycles. The highest BCUT2D eigenvalue weighted by molar-refractivity contribution is 4.51.